The van der Waals surface area contributed by atoms with E-state index < -0.39 is 5.97 Å². The molecular weight excluding hydrogens is 472 g/mol. The highest BCUT2D eigenvalue weighted by atomic mass is 16.6. The van der Waals surface area contributed by atoms with Crippen molar-refractivity contribution in [1.29, 1.82) is 0 Å². The first kappa shape index (κ1) is 25.6. The first-order valence-electron chi connectivity index (χ1n) is 11.6. The number of amides is 1. The second kappa shape index (κ2) is 11.1. The standard InChI is InChI=1S/C28H28N4O5/c1-17-15-20(10-12-21(17)26(33)31-37-14-13-32(2)3)29-25(18-7-5-4-6-8-18)24-22-11-9-19(28(35)36)16-23(22)30-27(24)34/h4-12,15-16,30,34H,13-14H2,1-3H3,(H,31,33)(H,35,36). The molecule has 190 valence electrons. The van der Waals surface area contributed by atoms with E-state index in [0.717, 1.165) is 5.56 Å². The second-order valence-corrected chi connectivity index (χ2v) is 8.82. The van der Waals surface area contributed by atoms with Gasteiger partial charge in [-0.05, 0) is 56.9 Å². The molecule has 4 aromatic rings. The molecule has 1 heterocycles. The van der Waals surface area contributed by atoms with E-state index in [4.69, 9.17) is 9.83 Å². The summed E-state index contributed by atoms with van der Waals surface area (Å²) in [7, 11) is 3.84. The highest BCUT2D eigenvalue weighted by molar-refractivity contribution is 6.22. The van der Waals surface area contributed by atoms with Crippen molar-refractivity contribution >= 4 is 34.2 Å². The monoisotopic (exact) mass is 500 g/mol. The highest BCUT2D eigenvalue weighted by Gasteiger charge is 2.20. The number of hydrogen-bond acceptors (Lipinski definition) is 6. The number of carbonyl (C=O) groups is 2. The fraction of sp³-hybridized carbons (Fsp3) is 0.179. The number of aryl methyl sites for hydroxylation is 1. The molecule has 4 N–H and O–H groups in total. The Morgan fingerprint density at radius 3 is 2.46 bits per heavy atom. The number of carboxylic acid groups (broad SMARTS) is 1. The number of aromatic amines is 1. The lowest BCUT2D eigenvalue weighted by Gasteiger charge is -2.12. The van der Waals surface area contributed by atoms with Crippen LogP contribution in [0, 0.1) is 6.92 Å². The maximum atomic E-state index is 12.6. The molecule has 0 spiro atoms. The molecule has 0 aliphatic carbocycles. The smallest absolute Gasteiger partial charge is 0.335 e. The molecule has 37 heavy (non-hydrogen) atoms. The van der Waals surface area contributed by atoms with Crippen LogP contribution in [0.2, 0.25) is 0 Å². The summed E-state index contributed by atoms with van der Waals surface area (Å²) in [5.41, 5.74) is 6.50. The normalized spacial score (nSPS) is 11.7. The van der Waals surface area contributed by atoms with E-state index in [1.165, 1.54) is 12.1 Å². The van der Waals surface area contributed by atoms with Crippen LogP contribution in [0.5, 0.6) is 5.88 Å². The van der Waals surface area contributed by atoms with Gasteiger partial charge in [-0.3, -0.25) is 9.63 Å². The van der Waals surface area contributed by atoms with Crippen LogP contribution in [0.15, 0.2) is 71.7 Å². The third kappa shape index (κ3) is 5.85. The van der Waals surface area contributed by atoms with Crippen LogP contribution in [0.25, 0.3) is 10.9 Å². The quantitative estimate of drug-likeness (QED) is 0.154. The minimum Gasteiger partial charge on any atom is -0.494 e. The van der Waals surface area contributed by atoms with Gasteiger partial charge in [0.05, 0.1) is 29.1 Å². The van der Waals surface area contributed by atoms with Crippen molar-refractivity contribution in [2.75, 3.05) is 27.2 Å². The largest absolute Gasteiger partial charge is 0.494 e. The van der Waals surface area contributed by atoms with Crippen LogP contribution in [0.4, 0.5) is 5.69 Å². The molecular formula is C28H28N4O5. The van der Waals surface area contributed by atoms with Gasteiger partial charge < -0.3 is 20.1 Å². The van der Waals surface area contributed by atoms with E-state index in [-0.39, 0.29) is 17.4 Å². The number of benzene rings is 3. The molecule has 0 bridgehead atoms. The lowest BCUT2D eigenvalue weighted by molar-refractivity contribution is 0.0262. The van der Waals surface area contributed by atoms with Crippen LogP contribution in [0.3, 0.4) is 0 Å². The van der Waals surface area contributed by atoms with Crippen molar-refractivity contribution in [3.05, 3.63) is 94.5 Å². The van der Waals surface area contributed by atoms with Gasteiger partial charge in [0, 0.05) is 28.6 Å². The van der Waals surface area contributed by atoms with Gasteiger partial charge in [-0.2, -0.15) is 0 Å². The number of carboxylic acids is 1. The molecule has 0 saturated carbocycles. The summed E-state index contributed by atoms with van der Waals surface area (Å²) in [6.07, 6.45) is 0. The highest BCUT2D eigenvalue weighted by Crippen LogP contribution is 2.32. The number of nitrogens with one attached hydrogen (secondary N) is 2. The van der Waals surface area contributed by atoms with Crippen LogP contribution in [-0.2, 0) is 4.84 Å². The van der Waals surface area contributed by atoms with Gasteiger partial charge in [0.25, 0.3) is 5.91 Å². The van der Waals surface area contributed by atoms with Gasteiger partial charge in [-0.1, -0.05) is 36.4 Å². The number of nitrogens with zero attached hydrogens (tertiary/aromatic N) is 2. The van der Waals surface area contributed by atoms with Gasteiger partial charge in [0.2, 0.25) is 0 Å². The summed E-state index contributed by atoms with van der Waals surface area (Å²) in [5, 5.41) is 20.8. The van der Waals surface area contributed by atoms with E-state index in [9.17, 15) is 19.8 Å². The Kier molecular flexibility index (Phi) is 7.66. The van der Waals surface area contributed by atoms with E-state index in [1.807, 2.05) is 56.3 Å². The zero-order chi connectivity index (χ0) is 26.5. The van der Waals surface area contributed by atoms with E-state index >= 15 is 0 Å². The number of aliphatic imine (C=N–C) groups is 1. The SMILES string of the molecule is Cc1cc(N=C(c2ccccc2)c2c(O)[nH]c3cc(C(=O)O)ccc23)ccc1C(=O)NOCCN(C)C. The van der Waals surface area contributed by atoms with E-state index in [0.29, 0.717) is 52.1 Å². The molecule has 3 aromatic carbocycles. The number of aromatic carboxylic acids is 1. The summed E-state index contributed by atoms with van der Waals surface area (Å²) >= 11 is 0. The minimum atomic E-state index is -1.06. The van der Waals surface area contributed by atoms with Crippen molar-refractivity contribution in [2.45, 2.75) is 6.92 Å². The van der Waals surface area contributed by atoms with E-state index in [2.05, 4.69) is 10.5 Å². The molecule has 9 heteroatoms. The van der Waals surface area contributed by atoms with Crippen LogP contribution < -0.4 is 5.48 Å². The molecule has 9 nitrogen and oxygen atoms in total. The number of carbonyl (C=O) groups excluding carboxylic acids is 1. The molecule has 1 amide bonds. The number of hydrogen-bond donors (Lipinski definition) is 4. The summed E-state index contributed by atoms with van der Waals surface area (Å²) in [6, 6.07) is 19.2. The summed E-state index contributed by atoms with van der Waals surface area (Å²) in [5.74, 6) is -1.53. The van der Waals surface area contributed by atoms with Crippen molar-refractivity contribution < 1.29 is 24.6 Å². The van der Waals surface area contributed by atoms with Crippen LogP contribution in [0.1, 0.15) is 37.4 Å². The number of H-pyrrole nitrogens is 1. The number of aromatic nitrogens is 1. The Hall–Kier alpha value is -4.47. The number of likely N-dealkylation sites (N-methyl/N-ethyl adjacent to an activating group) is 1. The third-order valence-electron chi connectivity index (χ3n) is 5.81. The summed E-state index contributed by atoms with van der Waals surface area (Å²) in [6.45, 7) is 2.85. The second-order valence-electron chi connectivity index (χ2n) is 8.82. The molecule has 0 fully saturated rings. The Labute approximate surface area is 214 Å². The number of hydroxylamine groups is 1. The zero-order valence-corrected chi connectivity index (χ0v) is 20.8. The van der Waals surface area contributed by atoms with Crippen LogP contribution in [-0.4, -0.2) is 64.9 Å². The fourth-order valence-electron chi connectivity index (χ4n) is 3.92. The number of aromatic hydroxyl groups is 1. The summed E-state index contributed by atoms with van der Waals surface area (Å²) < 4.78 is 0. The molecule has 0 unspecified atom stereocenters. The summed E-state index contributed by atoms with van der Waals surface area (Å²) in [4.78, 5) is 38.9. The Balaban J connectivity index is 1.72. The van der Waals surface area contributed by atoms with Crippen molar-refractivity contribution in [2.24, 2.45) is 4.99 Å². The average Bonchev–Trinajstić information content (AvgIpc) is 3.20. The molecule has 0 saturated heterocycles. The van der Waals surface area contributed by atoms with Gasteiger partial charge in [-0.15, -0.1) is 0 Å². The maximum Gasteiger partial charge on any atom is 0.335 e. The zero-order valence-electron chi connectivity index (χ0n) is 20.8. The van der Waals surface area contributed by atoms with Crippen molar-refractivity contribution in [1.82, 2.24) is 15.4 Å². The average molecular weight is 501 g/mol. The van der Waals surface area contributed by atoms with Crippen molar-refractivity contribution in [3.8, 4) is 5.88 Å². The Morgan fingerprint density at radius 2 is 1.78 bits per heavy atom. The lowest BCUT2D eigenvalue weighted by atomic mass is 10.00. The number of rotatable bonds is 9. The molecule has 0 radical (unpaired) electrons. The van der Waals surface area contributed by atoms with Crippen LogP contribution >= 0.6 is 0 Å². The van der Waals surface area contributed by atoms with Gasteiger partial charge in [-0.25, -0.2) is 15.3 Å². The van der Waals surface area contributed by atoms with Gasteiger partial charge in [0.1, 0.15) is 0 Å². The topological polar surface area (TPSA) is 127 Å². The van der Waals surface area contributed by atoms with E-state index in [1.54, 1.807) is 24.3 Å². The van der Waals surface area contributed by atoms with Gasteiger partial charge in [0.15, 0.2) is 5.88 Å². The molecule has 0 atom stereocenters. The fourth-order valence-corrected chi connectivity index (χ4v) is 3.92. The maximum absolute atomic E-state index is 12.6. The van der Waals surface area contributed by atoms with Gasteiger partial charge >= 0.3 is 5.97 Å². The Bertz CT molecular complexity index is 1470. The molecule has 0 aliphatic rings. The molecule has 0 aliphatic heterocycles. The third-order valence-corrected chi connectivity index (χ3v) is 5.81. The molecule has 1 aromatic heterocycles. The Morgan fingerprint density at radius 1 is 1.03 bits per heavy atom. The first-order valence-corrected chi connectivity index (χ1v) is 11.6. The van der Waals surface area contributed by atoms with Crippen molar-refractivity contribution in [3.63, 3.8) is 0 Å². The minimum absolute atomic E-state index is 0.105. The number of fused-ring (bicyclic) bond motifs is 1. The first-order chi connectivity index (χ1) is 17.7. The molecule has 4 rings (SSSR count). The predicted octanol–water partition coefficient (Wildman–Crippen LogP) is 4.27. The lowest BCUT2D eigenvalue weighted by Crippen LogP contribution is -2.28. The predicted molar refractivity (Wildman–Crippen MR) is 142 cm³/mol.